The van der Waals surface area contributed by atoms with Crippen LogP contribution in [0.25, 0.3) is 0 Å². The molecule has 0 saturated carbocycles. The van der Waals surface area contributed by atoms with Gasteiger partial charge >= 0.3 is 9.28 Å². The second-order valence-corrected chi connectivity index (χ2v) is 2.21. The van der Waals surface area contributed by atoms with Crippen molar-refractivity contribution in [2.24, 2.45) is 5.90 Å². The molecule has 0 aromatic heterocycles. The number of rotatable bonds is 1. The average Bonchev–Trinajstić information content (AvgIpc) is 1.38. The molecule has 0 aliphatic carbocycles. The van der Waals surface area contributed by atoms with Gasteiger partial charge in [0.05, 0.1) is 0 Å². The highest BCUT2D eigenvalue weighted by Crippen LogP contribution is 1.62. The van der Waals surface area contributed by atoms with Crippen LogP contribution in [0.1, 0.15) is 0 Å². The molecule has 0 rings (SSSR count). The molecule has 3 nitrogen and oxygen atoms in total. The van der Waals surface area contributed by atoms with Crippen molar-refractivity contribution < 1.29 is 9.32 Å². The number of hydrogen-bond acceptors (Lipinski definition) is 3. The summed E-state index contributed by atoms with van der Waals surface area (Å²) in [6.07, 6.45) is 0. The molecule has 0 aromatic carbocycles. The summed E-state index contributed by atoms with van der Waals surface area (Å²) in [6.45, 7) is 1.57. The van der Waals surface area contributed by atoms with Crippen molar-refractivity contribution in [2.75, 3.05) is 0 Å². The lowest BCUT2D eigenvalue weighted by molar-refractivity contribution is 0.275. The second kappa shape index (κ2) is 2.34. The molecule has 0 spiro atoms. The summed E-state index contributed by atoms with van der Waals surface area (Å²) in [5, 5.41) is 0. The predicted octanol–water partition coefficient (Wildman–Crippen LogP) is -1.28. The third-order valence-electron chi connectivity index (χ3n) is 0.197. The smallest absolute Gasteiger partial charge is 0.336 e. The van der Waals surface area contributed by atoms with Crippen LogP contribution in [0.2, 0.25) is 6.55 Å². The Labute approximate surface area is 32.2 Å². The van der Waals surface area contributed by atoms with Crippen LogP contribution in [0.5, 0.6) is 0 Å². The van der Waals surface area contributed by atoms with Crippen molar-refractivity contribution in [2.45, 2.75) is 6.55 Å². The molecule has 5 heavy (non-hydrogen) atoms. The molecule has 32 valence electrons. The lowest BCUT2D eigenvalue weighted by Crippen LogP contribution is -2.16. The zero-order valence-electron chi connectivity index (χ0n) is 3.01. The predicted molar refractivity (Wildman–Crippen MR) is 20.5 cm³/mol. The van der Waals surface area contributed by atoms with E-state index in [0.29, 0.717) is 0 Å². The van der Waals surface area contributed by atoms with Crippen molar-refractivity contribution in [1.82, 2.24) is 0 Å². The Kier molecular flexibility index (Phi) is 2.39. The van der Waals surface area contributed by atoms with Gasteiger partial charge in [0.2, 0.25) is 0 Å². The molecule has 0 aromatic rings. The average molecular weight is 93.2 g/mol. The SMILES string of the molecule is C[SiH](O)ON. The molecule has 0 amide bonds. The summed E-state index contributed by atoms with van der Waals surface area (Å²) in [4.78, 5) is 8.15. The Morgan fingerprint density at radius 1 is 2.00 bits per heavy atom. The molecule has 1 atom stereocenters. The van der Waals surface area contributed by atoms with E-state index in [1.54, 1.807) is 6.55 Å². The molecule has 0 radical (unpaired) electrons. The van der Waals surface area contributed by atoms with Crippen LogP contribution < -0.4 is 5.90 Å². The Bertz CT molecular complexity index is 23.6. The first-order valence-corrected chi connectivity index (χ1v) is 3.45. The van der Waals surface area contributed by atoms with Crippen molar-refractivity contribution in [1.29, 1.82) is 0 Å². The summed E-state index contributed by atoms with van der Waals surface area (Å²) in [6, 6.07) is 0. The van der Waals surface area contributed by atoms with E-state index in [1.165, 1.54) is 0 Å². The molecule has 0 aliphatic heterocycles. The Balaban J connectivity index is 2.54. The van der Waals surface area contributed by atoms with Crippen molar-refractivity contribution in [3.8, 4) is 0 Å². The van der Waals surface area contributed by atoms with Gasteiger partial charge in [0.1, 0.15) is 0 Å². The Morgan fingerprint density at radius 3 is 2.20 bits per heavy atom. The van der Waals surface area contributed by atoms with Crippen molar-refractivity contribution >= 4 is 9.28 Å². The van der Waals surface area contributed by atoms with Gasteiger partial charge in [-0.25, -0.2) is 5.90 Å². The van der Waals surface area contributed by atoms with Gasteiger partial charge in [-0.2, -0.15) is 0 Å². The normalized spacial score (nSPS) is 15.0. The molecule has 0 fully saturated rings. The third kappa shape index (κ3) is 4.10. The highest BCUT2D eigenvalue weighted by molar-refractivity contribution is 6.40. The van der Waals surface area contributed by atoms with Gasteiger partial charge in [0.25, 0.3) is 0 Å². The monoisotopic (exact) mass is 93.0 g/mol. The fraction of sp³-hybridized carbons (Fsp3) is 1.00. The van der Waals surface area contributed by atoms with Crippen LogP contribution in [0, 0.1) is 0 Å². The molecule has 0 bridgehead atoms. The summed E-state index contributed by atoms with van der Waals surface area (Å²) in [5.74, 6) is 4.48. The van der Waals surface area contributed by atoms with E-state index in [0.717, 1.165) is 0 Å². The van der Waals surface area contributed by atoms with Gasteiger partial charge in [-0.15, -0.1) is 0 Å². The van der Waals surface area contributed by atoms with E-state index in [4.69, 9.17) is 4.80 Å². The zero-order valence-corrected chi connectivity index (χ0v) is 4.16. The van der Waals surface area contributed by atoms with Gasteiger partial charge in [0, 0.05) is 0 Å². The minimum atomic E-state index is -1.87. The van der Waals surface area contributed by atoms with Gasteiger partial charge < -0.3 is 9.32 Å². The molecular weight excluding hydrogens is 86.1 g/mol. The van der Waals surface area contributed by atoms with E-state index >= 15 is 0 Å². The van der Waals surface area contributed by atoms with E-state index in [9.17, 15) is 0 Å². The van der Waals surface area contributed by atoms with Crippen LogP contribution in [-0.2, 0) is 4.53 Å². The lowest BCUT2D eigenvalue weighted by Gasteiger charge is -1.89. The molecule has 0 saturated heterocycles. The van der Waals surface area contributed by atoms with E-state index in [-0.39, 0.29) is 0 Å². The summed E-state index contributed by atoms with van der Waals surface area (Å²) in [7, 11) is -1.87. The Morgan fingerprint density at radius 2 is 2.20 bits per heavy atom. The standard InChI is InChI=1S/CH7NO2Si/c1-5(3)4-2/h3,5H,2H2,1H3. The highest BCUT2D eigenvalue weighted by Gasteiger charge is 1.88. The van der Waals surface area contributed by atoms with Crippen LogP contribution >= 0.6 is 0 Å². The van der Waals surface area contributed by atoms with Crippen LogP contribution in [0.15, 0.2) is 0 Å². The molecule has 3 N–H and O–H groups in total. The van der Waals surface area contributed by atoms with Crippen LogP contribution in [0.3, 0.4) is 0 Å². The quantitative estimate of drug-likeness (QED) is 0.313. The van der Waals surface area contributed by atoms with Crippen molar-refractivity contribution in [3.05, 3.63) is 0 Å². The minimum absolute atomic E-state index is 1.57. The van der Waals surface area contributed by atoms with E-state index in [1.807, 2.05) is 0 Å². The largest absolute Gasteiger partial charge is 0.412 e. The molecule has 1 unspecified atom stereocenters. The molecular formula is CH7NO2Si. The topological polar surface area (TPSA) is 55.5 Å². The fourth-order valence-electron chi connectivity index (χ4n) is 0. The van der Waals surface area contributed by atoms with Crippen LogP contribution in [0.4, 0.5) is 0 Å². The van der Waals surface area contributed by atoms with E-state index in [2.05, 4.69) is 10.4 Å². The first-order chi connectivity index (χ1) is 2.27. The number of nitrogens with two attached hydrogens (primary N) is 1. The minimum Gasteiger partial charge on any atom is -0.412 e. The van der Waals surface area contributed by atoms with Crippen molar-refractivity contribution in [3.63, 3.8) is 0 Å². The summed E-state index contributed by atoms with van der Waals surface area (Å²) in [5.41, 5.74) is 0. The first kappa shape index (κ1) is 5.10. The Hall–Kier alpha value is 0.0969. The lowest BCUT2D eigenvalue weighted by atomic mass is 11.9. The second-order valence-electron chi connectivity index (χ2n) is 0.735. The summed E-state index contributed by atoms with van der Waals surface area (Å²) >= 11 is 0. The molecule has 0 heterocycles. The van der Waals surface area contributed by atoms with Gasteiger partial charge in [0.15, 0.2) is 0 Å². The molecule has 4 heteroatoms. The number of hydrogen-bond donors (Lipinski definition) is 2. The van der Waals surface area contributed by atoms with Crippen LogP contribution in [-0.4, -0.2) is 14.1 Å². The maximum absolute atomic E-state index is 8.15. The van der Waals surface area contributed by atoms with Gasteiger partial charge in [-0.05, 0) is 6.55 Å². The first-order valence-electron chi connectivity index (χ1n) is 1.31. The van der Waals surface area contributed by atoms with Gasteiger partial charge in [-0.3, -0.25) is 0 Å². The highest BCUT2D eigenvalue weighted by atomic mass is 28.3. The third-order valence-corrected chi connectivity index (χ3v) is 0.591. The summed E-state index contributed by atoms with van der Waals surface area (Å²) < 4.78 is 3.94. The fourth-order valence-corrected chi connectivity index (χ4v) is 0. The van der Waals surface area contributed by atoms with E-state index < -0.39 is 9.28 Å². The maximum atomic E-state index is 8.15. The zero-order chi connectivity index (χ0) is 4.28. The maximum Gasteiger partial charge on any atom is 0.336 e. The van der Waals surface area contributed by atoms with Gasteiger partial charge in [-0.1, -0.05) is 0 Å². The molecule has 0 aliphatic rings.